The van der Waals surface area contributed by atoms with Gasteiger partial charge in [0.15, 0.2) is 0 Å². The van der Waals surface area contributed by atoms with Gasteiger partial charge in [-0.25, -0.2) is 0 Å². The largest absolute Gasteiger partial charge is 0.347 e. The second kappa shape index (κ2) is 12.3. The quantitative estimate of drug-likeness (QED) is 0.320. The predicted octanol–water partition coefficient (Wildman–Crippen LogP) is 6.11. The number of carbonyl (C=O) groups excluding carboxylic acids is 2. The number of nitrogens with one attached hydrogen (secondary N) is 1. The van der Waals surface area contributed by atoms with Crippen LogP contribution < -0.4 is 10.2 Å². The molecule has 0 aliphatic carbocycles. The minimum absolute atomic E-state index is 0.257. The average Bonchev–Trinajstić information content (AvgIpc) is 2.96. The number of hydrogen-bond acceptors (Lipinski definition) is 3. The predicted molar refractivity (Wildman–Crippen MR) is 147 cm³/mol. The first-order valence-electron chi connectivity index (χ1n) is 12.3. The van der Waals surface area contributed by atoms with Gasteiger partial charge in [0.1, 0.15) is 6.04 Å². The summed E-state index contributed by atoms with van der Waals surface area (Å²) in [6.07, 6.45) is 3.79. The summed E-state index contributed by atoms with van der Waals surface area (Å²) >= 11 is 0. The molecule has 1 aromatic heterocycles. The van der Waals surface area contributed by atoms with Crippen LogP contribution in [0.25, 0.3) is 11.1 Å². The minimum atomic E-state index is -0.957. The Morgan fingerprint density at radius 1 is 0.838 bits per heavy atom. The van der Waals surface area contributed by atoms with Crippen molar-refractivity contribution in [2.24, 2.45) is 0 Å². The molecule has 4 rings (SSSR count). The lowest BCUT2D eigenvalue weighted by atomic mass is 10.0. The van der Waals surface area contributed by atoms with E-state index < -0.39 is 11.9 Å². The molecule has 2 atom stereocenters. The fraction of sp³-hybridized carbons (Fsp3) is 0.156. The number of amides is 2. The molecule has 5 nitrogen and oxygen atoms in total. The Balaban J connectivity index is 1.75. The van der Waals surface area contributed by atoms with Gasteiger partial charge in [0.2, 0.25) is 5.91 Å². The van der Waals surface area contributed by atoms with E-state index in [0.717, 1.165) is 16.7 Å². The summed E-state index contributed by atoms with van der Waals surface area (Å²) in [5.41, 5.74) is 4.22. The maximum atomic E-state index is 13.8. The molecule has 184 valence electrons. The van der Waals surface area contributed by atoms with Crippen LogP contribution >= 0.6 is 0 Å². The molecule has 37 heavy (non-hydrogen) atoms. The Hall–Kier alpha value is -4.69. The molecule has 0 aliphatic heterocycles. The summed E-state index contributed by atoms with van der Waals surface area (Å²) in [4.78, 5) is 33.0. The first-order chi connectivity index (χ1) is 18.1. The van der Waals surface area contributed by atoms with Gasteiger partial charge >= 0.3 is 5.91 Å². The van der Waals surface area contributed by atoms with E-state index >= 15 is 0 Å². The van der Waals surface area contributed by atoms with Gasteiger partial charge in [-0.1, -0.05) is 91.7 Å². The summed E-state index contributed by atoms with van der Waals surface area (Å²) in [6.45, 7) is 3.80. The Bertz CT molecular complexity index is 1380. The molecule has 0 radical (unpaired) electrons. The van der Waals surface area contributed by atoms with Crippen LogP contribution in [0, 0.1) is 11.8 Å². The number of aromatic nitrogens is 1. The van der Waals surface area contributed by atoms with Crippen LogP contribution in [0.5, 0.6) is 0 Å². The topological polar surface area (TPSA) is 62.3 Å². The second-order valence-electron chi connectivity index (χ2n) is 8.57. The normalized spacial score (nSPS) is 11.9. The molecule has 0 aliphatic rings. The summed E-state index contributed by atoms with van der Waals surface area (Å²) in [7, 11) is 0. The van der Waals surface area contributed by atoms with Gasteiger partial charge in [0.25, 0.3) is 0 Å². The standard InChI is InChI=1S/C32H29N3O2/c1-3-4-17-30(36)35(29-20-18-27(19-21-29)26-14-9-6-10-15-26)31(28-16-11-22-33-23-28)32(37)34-24(2)25-12-7-5-8-13-25/h5-16,18-24,31H,3H2,1-2H3,(H,34,37)/t24-,31?/m0/s1. The van der Waals surface area contributed by atoms with Crippen molar-refractivity contribution in [1.29, 1.82) is 0 Å². The van der Waals surface area contributed by atoms with Crippen molar-refractivity contribution in [2.75, 3.05) is 4.90 Å². The van der Waals surface area contributed by atoms with E-state index in [1.807, 2.05) is 98.8 Å². The van der Waals surface area contributed by atoms with E-state index in [1.165, 1.54) is 4.90 Å². The van der Waals surface area contributed by atoms with Gasteiger partial charge in [0, 0.05) is 30.1 Å². The molecule has 1 unspecified atom stereocenters. The highest BCUT2D eigenvalue weighted by Gasteiger charge is 2.33. The molecule has 5 heteroatoms. The molecule has 0 saturated carbocycles. The number of benzene rings is 3. The number of hydrogen-bond donors (Lipinski definition) is 1. The van der Waals surface area contributed by atoms with Crippen molar-refractivity contribution in [2.45, 2.75) is 32.4 Å². The van der Waals surface area contributed by atoms with Crippen molar-refractivity contribution >= 4 is 17.5 Å². The van der Waals surface area contributed by atoms with E-state index in [4.69, 9.17) is 0 Å². The first-order valence-corrected chi connectivity index (χ1v) is 12.3. The summed E-state index contributed by atoms with van der Waals surface area (Å²) in [6, 6.07) is 29.7. The molecular weight excluding hydrogens is 458 g/mol. The van der Waals surface area contributed by atoms with Crippen LogP contribution in [0.2, 0.25) is 0 Å². The molecule has 3 aromatic carbocycles. The van der Waals surface area contributed by atoms with E-state index in [9.17, 15) is 9.59 Å². The number of nitrogens with zero attached hydrogens (tertiary/aromatic N) is 2. The number of anilines is 1. The Morgan fingerprint density at radius 3 is 2.08 bits per heavy atom. The Labute approximate surface area is 218 Å². The van der Waals surface area contributed by atoms with Crippen molar-refractivity contribution in [3.05, 3.63) is 121 Å². The highest BCUT2D eigenvalue weighted by molar-refractivity contribution is 6.10. The van der Waals surface area contributed by atoms with Crippen LogP contribution in [0.1, 0.15) is 43.5 Å². The number of rotatable bonds is 7. The molecular formula is C32H29N3O2. The lowest BCUT2D eigenvalue weighted by molar-refractivity contribution is -0.125. The van der Waals surface area contributed by atoms with Crippen LogP contribution in [-0.4, -0.2) is 16.8 Å². The van der Waals surface area contributed by atoms with Crippen molar-refractivity contribution in [3.63, 3.8) is 0 Å². The highest BCUT2D eigenvalue weighted by atomic mass is 16.2. The van der Waals surface area contributed by atoms with Crippen molar-refractivity contribution in [3.8, 4) is 23.0 Å². The third kappa shape index (κ3) is 6.31. The van der Waals surface area contributed by atoms with Crippen molar-refractivity contribution in [1.82, 2.24) is 10.3 Å². The number of pyridine rings is 1. The zero-order valence-corrected chi connectivity index (χ0v) is 21.0. The van der Waals surface area contributed by atoms with Crippen LogP contribution in [0.3, 0.4) is 0 Å². The first kappa shape index (κ1) is 25.4. The Morgan fingerprint density at radius 2 is 1.46 bits per heavy atom. The van der Waals surface area contributed by atoms with E-state index in [0.29, 0.717) is 17.7 Å². The van der Waals surface area contributed by atoms with Crippen LogP contribution in [-0.2, 0) is 9.59 Å². The lowest BCUT2D eigenvalue weighted by Gasteiger charge is -2.31. The van der Waals surface area contributed by atoms with E-state index in [2.05, 4.69) is 22.1 Å². The fourth-order valence-corrected chi connectivity index (χ4v) is 4.13. The second-order valence-corrected chi connectivity index (χ2v) is 8.57. The summed E-state index contributed by atoms with van der Waals surface area (Å²) in [5, 5.41) is 3.08. The van der Waals surface area contributed by atoms with Gasteiger partial charge in [-0.2, -0.15) is 0 Å². The fourth-order valence-electron chi connectivity index (χ4n) is 4.13. The van der Waals surface area contributed by atoms with Gasteiger partial charge < -0.3 is 5.32 Å². The zero-order valence-electron chi connectivity index (χ0n) is 21.0. The molecule has 2 amide bonds. The molecule has 0 spiro atoms. The average molecular weight is 488 g/mol. The molecule has 0 saturated heterocycles. The molecule has 0 bridgehead atoms. The monoisotopic (exact) mass is 487 g/mol. The SMILES string of the molecule is CCC#CC(=O)N(c1ccc(-c2ccccc2)cc1)C(C(=O)N[C@@H](C)c1ccccc1)c1cccnc1. The number of carbonyl (C=O) groups is 2. The van der Waals surface area contributed by atoms with Crippen LogP contribution in [0.4, 0.5) is 5.69 Å². The smallest absolute Gasteiger partial charge is 0.303 e. The third-order valence-electron chi connectivity index (χ3n) is 6.01. The maximum Gasteiger partial charge on any atom is 0.303 e. The summed E-state index contributed by atoms with van der Waals surface area (Å²) in [5.74, 6) is 4.79. The van der Waals surface area contributed by atoms with Gasteiger partial charge in [0.05, 0.1) is 6.04 Å². The van der Waals surface area contributed by atoms with E-state index in [1.54, 1.807) is 24.5 Å². The Kier molecular flexibility index (Phi) is 8.46. The van der Waals surface area contributed by atoms with Crippen LogP contribution in [0.15, 0.2) is 109 Å². The van der Waals surface area contributed by atoms with Gasteiger partial charge in [-0.15, -0.1) is 0 Å². The van der Waals surface area contributed by atoms with Crippen molar-refractivity contribution < 1.29 is 9.59 Å². The van der Waals surface area contributed by atoms with Gasteiger partial charge in [-0.05, 0) is 47.7 Å². The van der Waals surface area contributed by atoms with Gasteiger partial charge in [-0.3, -0.25) is 19.5 Å². The molecule has 0 fully saturated rings. The highest BCUT2D eigenvalue weighted by Crippen LogP contribution is 2.30. The molecule has 1 N–H and O–H groups in total. The zero-order chi connectivity index (χ0) is 26.0. The summed E-state index contributed by atoms with van der Waals surface area (Å²) < 4.78 is 0. The minimum Gasteiger partial charge on any atom is -0.347 e. The molecule has 4 aromatic rings. The third-order valence-corrected chi connectivity index (χ3v) is 6.01. The molecule has 1 heterocycles. The maximum absolute atomic E-state index is 13.8. The lowest BCUT2D eigenvalue weighted by Crippen LogP contribution is -2.44. The van der Waals surface area contributed by atoms with E-state index in [-0.39, 0.29) is 11.9 Å².